The third kappa shape index (κ3) is 2.63. The van der Waals surface area contributed by atoms with E-state index < -0.39 is 0 Å². The second-order valence-electron chi connectivity index (χ2n) is 4.64. The maximum Gasteiger partial charge on any atom is 0.0942 e. The normalized spacial score (nSPS) is 22.2. The molecule has 16 heavy (non-hydrogen) atoms. The van der Waals surface area contributed by atoms with E-state index in [1.807, 2.05) is 0 Å². The Morgan fingerprint density at radius 3 is 2.69 bits per heavy atom. The molecule has 2 rings (SSSR count). The standard InChI is InChI=1S/C14H21NO/c1-2-4-11-6-8-12(9-7-11)14(16)13-5-3-10-15-13/h6-9,13-16H,2-5,10H2,1H3. The number of rotatable bonds is 4. The summed E-state index contributed by atoms with van der Waals surface area (Å²) in [6.07, 6.45) is 4.20. The molecule has 2 unspecified atom stereocenters. The van der Waals surface area contributed by atoms with Gasteiger partial charge in [0.25, 0.3) is 0 Å². The maximum absolute atomic E-state index is 10.2. The molecule has 1 aliphatic heterocycles. The first kappa shape index (κ1) is 11.6. The number of hydrogen-bond acceptors (Lipinski definition) is 2. The van der Waals surface area contributed by atoms with Crippen molar-refractivity contribution in [3.63, 3.8) is 0 Å². The van der Waals surface area contributed by atoms with Crippen molar-refractivity contribution >= 4 is 0 Å². The van der Waals surface area contributed by atoms with Crippen LogP contribution in [0.4, 0.5) is 0 Å². The first-order valence-electron chi connectivity index (χ1n) is 6.31. The number of benzene rings is 1. The van der Waals surface area contributed by atoms with E-state index in [1.54, 1.807) is 0 Å². The Bertz CT molecular complexity index is 314. The van der Waals surface area contributed by atoms with E-state index in [4.69, 9.17) is 0 Å². The van der Waals surface area contributed by atoms with Gasteiger partial charge in [0.05, 0.1) is 6.10 Å². The predicted octanol–water partition coefficient (Wildman–Crippen LogP) is 2.42. The summed E-state index contributed by atoms with van der Waals surface area (Å²) in [4.78, 5) is 0. The molecule has 0 bridgehead atoms. The summed E-state index contributed by atoms with van der Waals surface area (Å²) in [7, 11) is 0. The van der Waals surface area contributed by atoms with E-state index in [2.05, 4.69) is 36.5 Å². The fourth-order valence-electron chi connectivity index (χ4n) is 2.38. The van der Waals surface area contributed by atoms with Crippen LogP contribution < -0.4 is 5.32 Å². The van der Waals surface area contributed by atoms with Crippen LogP contribution in [-0.2, 0) is 6.42 Å². The molecular weight excluding hydrogens is 198 g/mol. The van der Waals surface area contributed by atoms with Gasteiger partial charge in [-0.25, -0.2) is 0 Å². The highest BCUT2D eigenvalue weighted by Gasteiger charge is 2.23. The minimum absolute atomic E-state index is 0.247. The van der Waals surface area contributed by atoms with Gasteiger partial charge >= 0.3 is 0 Å². The summed E-state index contributed by atoms with van der Waals surface area (Å²) in [6, 6.07) is 8.65. The molecule has 1 aromatic carbocycles. The van der Waals surface area contributed by atoms with E-state index in [1.165, 1.54) is 18.4 Å². The number of aliphatic hydroxyl groups is 1. The molecule has 0 radical (unpaired) electrons. The Morgan fingerprint density at radius 2 is 2.12 bits per heavy atom. The van der Waals surface area contributed by atoms with Crippen LogP contribution in [0.25, 0.3) is 0 Å². The van der Waals surface area contributed by atoms with E-state index in [-0.39, 0.29) is 12.1 Å². The molecule has 1 fully saturated rings. The van der Waals surface area contributed by atoms with Gasteiger partial charge in [0.1, 0.15) is 0 Å². The smallest absolute Gasteiger partial charge is 0.0942 e. The molecule has 2 atom stereocenters. The quantitative estimate of drug-likeness (QED) is 0.815. The van der Waals surface area contributed by atoms with E-state index in [0.29, 0.717) is 0 Å². The topological polar surface area (TPSA) is 32.3 Å². The Balaban J connectivity index is 2.02. The maximum atomic E-state index is 10.2. The third-order valence-corrected chi connectivity index (χ3v) is 3.34. The minimum Gasteiger partial charge on any atom is -0.387 e. The highest BCUT2D eigenvalue weighted by Crippen LogP contribution is 2.23. The number of hydrogen-bond donors (Lipinski definition) is 2. The molecule has 1 aliphatic rings. The fourth-order valence-corrected chi connectivity index (χ4v) is 2.38. The molecule has 0 spiro atoms. The van der Waals surface area contributed by atoms with E-state index in [0.717, 1.165) is 24.9 Å². The Labute approximate surface area is 97.7 Å². The van der Waals surface area contributed by atoms with Gasteiger partial charge in [0, 0.05) is 6.04 Å². The first-order valence-corrected chi connectivity index (χ1v) is 6.31. The fraction of sp³-hybridized carbons (Fsp3) is 0.571. The molecule has 2 N–H and O–H groups in total. The van der Waals surface area contributed by atoms with Crippen molar-refractivity contribution in [3.8, 4) is 0 Å². The lowest BCUT2D eigenvalue weighted by molar-refractivity contribution is 0.137. The van der Waals surface area contributed by atoms with Gasteiger partial charge < -0.3 is 10.4 Å². The van der Waals surface area contributed by atoms with Gasteiger partial charge in [-0.05, 0) is 36.9 Å². The van der Waals surface area contributed by atoms with Crippen LogP contribution in [0.2, 0.25) is 0 Å². The summed E-state index contributed by atoms with van der Waals surface area (Å²) in [5.41, 5.74) is 2.40. The summed E-state index contributed by atoms with van der Waals surface area (Å²) in [5.74, 6) is 0. The average molecular weight is 219 g/mol. The SMILES string of the molecule is CCCc1ccc(C(O)C2CCCN2)cc1. The molecule has 1 heterocycles. The average Bonchev–Trinajstić information content (AvgIpc) is 2.83. The van der Waals surface area contributed by atoms with Gasteiger partial charge in [-0.2, -0.15) is 0 Å². The van der Waals surface area contributed by atoms with Crippen molar-refractivity contribution in [2.24, 2.45) is 0 Å². The Kier molecular flexibility index (Phi) is 3.97. The van der Waals surface area contributed by atoms with Crippen LogP contribution in [0.15, 0.2) is 24.3 Å². The summed E-state index contributed by atoms with van der Waals surface area (Å²) < 4.78 is 0. The lowest BCUT2D eigenvalue weighted by Crippen LogP contribution is -2.28. The number of nitrogens with one attached hydrogen (secondary N) is 1. The summed E-state index contributed by atoms with van der Waals surface area (Å²) in [6.45, 7) is 3.22. The monoisotopic (exact) mass is 219 g/mol. The van der Waals surface area contributed by atoms with Gasteiger partial charge in [-0.15, -0.1) is 0 Å². The van der Waals surface area contributed by atoms with E-state index >= 15 is 0 Å². The Hall–Kier alpha value is -0.860. The zero-order chi connectivity index (χ0) is 11.4. The summed E-state index contributed by atoms with van der Waals surface area (Å²) >= 11 is 0. The predicted molar refractivity (Wildman–Crippen MR) is 66.4 cm³/mol. The number of aryl methyl sites for hydroxylation is 1. The second kappa shape index (κ2) is 5.46. The first-order chi connectivity index (χ1) is 7.81. The number of aliphatic hydroxyl groups excluding tert-OH is 1. The van der Waals surface area contributed by atoms with Gasteiger partial charge in [0.15, 0.2) is 0 Å². The van der Waals surface area contributed by atoms with Crippen molar-refractivity contribution in [3.05, 3.63) is 35.4 Å². The van der Waals surface area contributed by atoms with E-state index in [9.17, 15) is 5.11 Å². The molecule has 0 aromatic heterocycles. The van der Waals surface area contributed by atoms with Gasteiger partial charge in [0.2, 0.25) is 0 Å². The molecule has 1 aromatic rings. The van der Waals surface area contributed by atoms with Crippen LogP contribution in [0, 0.1) is 0 Å². The highest BCUT2D eigenvalue weighted by atomic mass is 16.3. The van der Waals surface area contributed by atoms with Crippen LogP contribution in [-0.4, -0.2) is 17.7 Å². The minimum atomic E-state index is -0.349. The van der Waals surface area contributed by atoms with Crippen molar-refractivity contribution < 1.29 is 5.11 Å². The van der Waals surface area contributed by atoms with Crippen LogP contribution in [0.5, 0.6) is 0 Å². The van der Waals surface area contributed by atoms with Gasteiger partial charge in [-0.3, -0.25) is 0 Å². The van der Waals surface area contributed by atoms with Crippen molar-refractivity contribution in [1.82, 2.24) is 5.32 Å². The van der Waals surface area contributed by atoms with Crippen molar-refractivity contribution in [1.29, 1.82) is 0 Å². The molecule has 2 heteroatoms. The molecule has 1 saturated heterocycles. The zero-order valence-corrected chi connectivity index (χ0v) is 9.95. The molecule has 88 valence electrons. The molecule has 0 aliphatic carbocycles. The van der Waals surface area contributed by atoms with Crippen LogP contribution in [0.3, 0.4) is 0 Å². The lowest BCUT2D eigenvalue weighted by Gasteiger charge is -2.18. The van der Waals surface area contributed by atoms with Crippen LogP contribution >= 0.6 is 0 Å². The molecular formula is C14H21NO. The lowest BCUT2D eigenvalue weighted by atomic mass is 9.99. The zero-order valence-electron chi connectivity index (χ0n) is 9.95. The van der Waals surface area contributed by atoms with Gasteiger partial charge in [-0.1, -0.05) is 37.6 Å². The van der Waals surface area contributed by atoms with Crippen LogP contribution in [0.1, 0.15) is 43.4 Å². The van der Waals surface area contributed by atoms with Crippen molar-refractivity contribution in [2.45, 2.75) is 44.8 Å². The molecule has 0 saturated carbocycles. The third-order valence-electron chi connectivity index (χ3n) is 3.34. The summed E-state index contributed by atoms with van der Waals surface area (Å²) in [5, 5.41) is 13.5. The highest BCUT2D eigenvalue weighted by molar-refractivity contribution is 5.25. The molecule has 2 nitrogen and oxygen atoms in total. The second-order valence-corrected chi connectivity index (χ2v) is 4.64. The largest absolute Gasteiger partial charge is 0.387 e. The Morgan fingerprint density at radius 1 is 1.38 bits per heavy atom. The van der Waals surface area contributed by atoms with Crippen molar-refractivity contribution in [2.75, 3.05) is 6.54 Å². The molecule has 0 amide bonds.